The van der Waals surface area contributed by atoms with Crippen molar-refractivity contribution < 1.29 is 13.2 Å². The molecule has 0 unspecified atom stereocenters. The first-order valence-corrected chi connectivity index (χ1v) is 11.4. The van der Waals surface area contributed by atoms with E-state index in [2.05, 4.69) is 9.82 Å². The van der Waals surface area contributed by atoms with Crippen molar-refractivity contribution >= 4 is 38.9 Å². The zero-order valence-corrected chi connectivity index (χ0v) is 18.6. The fourth-order valence-electron chi connectivity index (χ4n) is 2.94. The van der Waals surface area contributed by atoms with Crippen LogP contribution in [-0.2, 0) is 10.0 Å². The van der Waals surface area contributed by atoms with Crippen LogP contribution in [0.15, 0.2) is 84.0 Å². The molecule has 4 rings (SSSR count). The van der Waals surface area contributed by atoms with Gasteiger partial charge in [0.1, 0.15) is 10.6 Å². The Morgan fingerprint density at radius 3 is 2.48 bits per heavy atom. The average Bonchev–Trinajstić information content (AvgIpc) is 3.19. The van der Waals surface area contributed by atoms with E-state index >= 15 is 0 Å². The average molecular weight is 474 g/mol. The monoisotopic (exact) mass is 473 g/mol. The number of anilines is 1. The molecule has 3 aromatic carbocycles. The number of nitrogens with zero attached hydrogens (tertiary/aromatic N) is 2. The highest BCUT2D eigenvalue weighted by Crippen LogP contribution is 2.30. The summed E-state index contributed by atoms with van der Waals surface area (Å²) in [4.78, 5) is -0.0510. The predicted molar refractivity (Wildman–Crippen MR) is 122 cm³/mol. The van der Waals surface area contributed by atoms with Crippen LogP contribution in [0.1, 0.15) is 5.56 Å². The van der Waals surface area contributed by atoms with Crippen molar-refractivity contribution in [1.29, 1.82) is 0 Å². The Kier molecular flexibility index (Phi) is 5.91. The van der Waals surface area contributed by atoms with E-state index in [9.17, 15) is 8.42 Å². The zero-order valence-electron chi connectivity index (χ0n) is 16.3. The Balaban J connectivity index is 1.51. The fourth-order valence-corrected chi connectivity index (χ4v) is 4.76. The number of ether oxygens (including phenoxy) is 1. The first-order chi connectivity index (χ1) is 14.8. The Bertz CT molecular complexity index is 1340. The number of aromatic nitrogens is 2. The number of sulfonamides is 1. The van der Waals surface area contributed by atoms with Crippen LogP contribution in [0.3, 0.4) is 0 Å². The summed E-state index contributed by atoms with van der Waals surface area (Å²) in [6.07, 6.45) is 3.39. The van der Waals surface area contributed by atoms with Gasteiger partial charge in [0.2, 0.25) is 0 Å². The second kappa shape index (κ2) is 8.63. The van der Waals surface area contributed by atoms with Crippen LogP contribution in [0.5, 0.6) is 11.5 Å². The second-order valence-electron chi connectivity index (χ2n) is 6.72. The van der Waals surface area contributed by atoms with Gasteiger partial charge in [-0.1, -0.05) is 41.4 Å². The molecule has 0 aliphatic heterocycles. The topological polar surface area (TPSA) is 73.2 Å². The van der Waals surface area contributed by atoms with Crippen LogP contribution in [0.2, 0.25) is 10.0 Å². The molecule has 1 aromatic heterocycles. The van der Waals surface area contributed by atoms with Crippen molar-refractivity contribution in [3.05, 3.63) is 94.7 Å². The number of hydrogen-bond donors (Lipinski definition) is 1. The summed E-state index contributed by atoms with van der Waals surface area (Å²) >= 11 is 11.9. The molecule has 4 aromatic rings. The molecule has 31 heavy (non-hydrogen) atoms. The largest absolute Gasteiger partial charge is 0.454 e. The third-order valence-corrected chi connectivity index (χ3v) is 6.52. The number of nitrogens with one attached hydrogen (secondary N) is 1. The Morgan fingerprint density at radius 1 is 1.00 bits per heavy atom. The van der Waals surface area contributed by atoms with Crippen LogP contribution in [0, 0.1) is 6.92 Å². The highest BCUT2D eigenvalue weighted by atomic mass is 35.5. The van der Waals surface area contributed by atoms with Gasteiger partial charge in [-0.15, -0.1) is 0 Å². The molecule has 158 valence electrons. The van der Waals surface area contributed by atoms with Gasteiger partial charge in [0.15, 0.2) is 5.75 Å². The first-order valence-electron chi connectivity index (χ1n) is 9.18. The molecule has 0 spiro atoms. The van der Waals surface area contributed by atoms with E-state index in [-0.39, 0.29) is 9.92 Å². The molecular weight excluding hydrogens is 457 g/mol. The van der Waals surface area contributed by atoms with Gasteiger partial charge in [0.05, 0.1) is 23.1 Å². The van der Waals surface area contributed by atoms with E-state index in [4.69, 9.17) is 27.9 Å². The first kappa shape index (κ1) is 21.2. The highest BCUT2D eigenvalue weighted by molar-refractivity contribution is 7.92. The van der Waals surface area contributed by atoms with Gasteiger partial charge >= 0.3 is 0 Å². The summed E-state index contributed by atoms with van der Waals surface area (Å²) in [5.74, 6) is 1.15. The van der Waals surface area contributed by atoms with Gasteiger partial charge in [-0.25, -0.2) is 13.1 Å². The third-order valence-electron chi connectivity index (χ3n) is 4.42. The van der Waals surface area contributed by atoms with Crippen LogP contribution in [-0.4, -0.2) is 18.2 Å². The van der Waals surface area contributed by atoms with E-state index in [1.54, 1.807) is 35.3 Å². The summed E-state index contributed by atoms with van der Waals surface area (Å²) in [5.41, 5.74) is 2.05. The van der Waals surface area contributed by atoms with Crippen molar-refractivity contribution in [1.82, 2.24) is 9.78 Å². The van der Waals surface area contributed by atoms with Gasteiger partial charge < -0.3 is 4.74 Å². The number of halogens is 2. The summed E-state index contributed by atoms with van der Waals surface area (Å²) < 4.78 is 35.5. The number of hydrogen-bond acceptors (Lipinski definition) is 4. The standard InChI is InChI=1S/C22H17Cl2N3O3S/c1-15-11-17(26-31(28,29)22-10-7-16(23)12-20(22)24)8-9-21(15)30-19-13-25-27(14-19)18-5-3-2-4-6-18/h2-14,26H,1H3. The molecule has 0 radical (unpaired) electrons. The molecule has 1 heterocycles. The normalized spacial score (nSPS) is 11.3. The predicted octanol–water partition coefficient (Wildman–Crippen LogP) is 6.08. The summed E-state index contributed by atoms with van der Waals surface area (Å²) in [7, 11) is -3.87. The molecule has 0 saturated heterocycles. The van der Waals surface area contributed by atoms with E-state index in [0.717, 1.165) is 11.3 Å². The number of rotatable bonds is 6. The Morgan fingerprint density at radius 2 is 1.77 bits per heavy atom. The maximum absolute atomic E-state index is 12.7. The zero-order chi connectivity index (χ0) is 22.0. The molecule has 0 atom stereocenters. The minimum absolute atomic E-state index is 0.0482. The van der Waals surface area contributed by atoms with E-state index in [1.165, 1.54) is 18.2 Å². The number of aryl methyl sites for hydroxylation is 1. The van der Waals surface area contributed by atoms with E-state index in [1.807, 2.05) is 37.3 Å². The van der Waals surface area contributed by atoms with Gasteiger partial charge in [-0.2, -0.15) is 5.10 Å². The summed E-state index contributed by atoms with van der Waals surface area (Å²) in [5, 5.41) is 4.71. The lowest BCUT2D eigenvalue weighted by Gasteiger charge is -2.12. The highest BCUT2D eigenvalue weighted by Gasteiger charge is 2.19. The van der Waals surface area contributed by atoms with E-state index < -0.39 is 10.0 Å². The minimum Gasteiger partial charge on any atom is -0.454 e. The number of benzene rings is 3. The van der Waals surface area contributed by atoms with Gasteiger partial charge in [-0.05, 0) is 61.0 Å². The summed E-state index contributed by atoms with van der Waals surface area (Å²) in [6, 6.07) is 18.9. The van der Waals surface area contributed by atoms with E-state index in [0.29, 0.717) is 22.2 Å². The van der Waals surface area contributed by atoms with Crippen LogP contribution in [0.25, 0.3) is 5.69 Å². The van der Waals surface area contributed by atoms with Crippen molar-refractivity contribution in [2.24, 2.45) is 0 Å². The molecule has 0 fully saturated rings. The number of para-hydroxylation sites is 1. The third kappa shape index (κ3) is 4.85. The van der Waals surface area contributed by atoms with Crippen LogP contribution in [0.4, 0.5) is 5.69 Å². The molecular formula is C22H17Cl2N3O3S. The Hall–Kier alpha value is -3.00. The minimum atomic E-state index is -3.87. The fraction of sp³-hybridized carbons (Fsp3) is 0.0455. The van der Waals surface area contributed by atoms with Gasteiger partial charge in [0, 0.05) is 10.7 Å². The van der Waals surface area contributed by atoms with Gasteiger partial charge in [0.25, 0.3) is 10.0 Å². The maximum Gasteiger partial charge on any atom is 0.263 e. The lowest BCUT2D eigenvalue weighted by atomic mass is 10.2. The SMILES string of the molecule is Cc1cc(NS(=O)(=O)c2ccc(Cl)cc2Cl)ccc1Oc1cnn(-c2ccccc2)c1. The Labute approximate surface area is 190 Å². The quantitative estimate of drug-likeness (QED) is 0.368. The molecule has 9 heteroatoms. The lowest BCUT2D eigenvalue weighted by molar-refractivity contribution is 0.479. The molecule has 0 saturated carbocycles. The molecule has 6 nitrogen and oxygen atoms in total. The molecule has 0 aliphatic rings. The smallest absolute Gasteiger partial charge is 0.263 e. The van der Waals surface area contributed by atoms with Crippen molar-refractivity contribution in [2.45, 2.75) is 11.8 Å². The second-order valence-corrected chi connectivity index (χ2v) is 9.21. The lowest BCUT2D eigenvalue weighted by Crippen LogP contribution is -2.13. The van der Waals surface area contributed by atoms with Gasteiger partial charge in [-0.3, -0.25) is 4.72 Å². The van der Waals surface area contributed by atoms with Crippen molar-refractivity contribution in [3.63, 3.8) is 0 Å². The molecule has 1 N–H and O–H groups in total. The molecule has 0 bridgehead atoms. The van der Waals surface area contributed by atoms with Crippen molar-refractivity contribution in [2.75, 3.05) is 4.72 Å². The maximum atomic E-state index is 12.7. The molecule has 0 aliphatic carbocycles. The summed E-state index contributed by atoms with van der Waals surface area (Å²) in [6.45, 7) is 1.82. The van der Waals surface area contributed by atoms with Crippen LogP contribution < -0.4 is 9.46 Å². The van der Waals surface area contributed by atoms with Crippen molar-refractivity contribution in [3.8, 4) is 17.2 Å². The molecule has 0 amide bonds. The van der Waals surface area contributed by atoms with Crippen LogP contribution >= 0.6 is 23.2 Å².